The zero-order valence-electron chi connectivity index (χ0n) is 12.1. The number of carbonyl (C=O) groups excluding carboxylic acids is 2. The third-order valence-electron chi connectivity index (χ3n) is 3.58. The number of hydrogen-bond acceptors (Lipinski definition) is 3. The van der Waals surface area contributed by atoms with Crippen molar-refractivity contribution >= 4 is 29.1 Å². The molecule has 0 fully saturated rings. The minimum Gasteiger partial charge on any atom is -0.477 e. The van der Waals surface area contributed by atoms with Crippen LogP contribution < -0.4 is 15.4 Å². The van der Waals surface area contributed by atoms with Gasteiger partial charge >= 0.3 is 0 Å². The van der Waals surface area contributed by atoms with Crippen LogP contribution in [0.3, 0.4) is 0 Å². The summed E-state index contributed by atoms with van der Waals surface area (Å²) in [7, 11) is 0. The monoisotopic (exact) mass is 352 g/mol. The van der Waals surface area contributed by atoms with Gasteiger partial charge in [0, 0.05) is 0 Å². The van der Waals surface area contributed by atoms with Gasteiger partial charge < -0.3 is 15.4 Å². The minimum absolute atomic E-state index is 0.166. The molecular weight excluding hydrogens is 342 g/mol. The predicted molar refractivity (Wildman–Crippen MR) is 83.1 cm³/mol. The number of nitrogens with two attached hydrogens (primary N) is 1. The van der Waals surface area contributed by atoms with E-state index in [-0.39, 0.29) is 22.9 Å². The number of rotatable bonds is 2. The first-order valence-corrected chi connectivity index (χ1v) is 7.27. The number of anilines is 1. The number of carbonyl (C=O) groups is 2. The molecule has 0 saturated carbocycles. The van der Waals surface area contributed by atoms with E-state index in [1.807, 2.05) is 0 Å². The van der Waals surface area contributed by atoms with Crippen molar-refractivity contribution in [1.82, 2.24) is 0 Å². The maximum Gasteiger partial charge on any atom is 0.260 e. The third kappa shape index (κ3) is 2.78. The lowest BCUT2D eigenvalue weighted by molar-refractivity contribution is -0.124. The van der Waals surface area contributed by atoms with Crippen molar-refractivity contribution in [2.75, 3.05) is 11.4 Å². The van der Waals surface area contributed by atoms with Crippen LogP contribution in [0.4, 0.5) is 14.5 Å². The smallest absolute Gasteiger partial charge is 0.260 e. The van der Waals surface area contributed by atoms with Gasteiger partial charge in [-0.15, -0.1) is 0 Å². The van der Waals surface area contributed by atoms with Gasteiger partial charge in [0.1, 0.15) is 5.75 Å². The van der Waals surface area contributed by atoms with Crippen LogP contribution in [0, 0.1) is 11.6 Å². The molecule has 1 aliphatic rings. The topological polar surface area (TPSA) is 72.6 Å². The molecule has 5 nitrogen and oxygen atoms in total. The first-order chi connectivity index (χ1) is 11.4. The Kier molecular flexibility index (Phi) is 4.11. The van der Waals surface area contributed by atoms with Crippen LogP contribution in [0.1, 0.15) is 10.4 Å². The Hall–Kier alpha value is -2.67. The summed E-state index contributed by atoms with van der Waals surface area (Å²) < 4.78 is 32.1. The number of para-hydroxylation sites is 2. The summed E-state index contributed by atoms with van der Waals surface area (Å²) >= 11 is 5.86. The van der Waals surface area contributed by atoms with E-state index in [1.165, 1.54) is 4.90 Å². The van der Waals surface area contributed by atoms with Crippen LogP contribution in [0.15, 0.2) is 36.4 Å². The second kappa shape index (κ2) is 6.09. The van der Waals surface area contributed by atoms with E-state index >= 15 is 0 Å². The van der Waals surface area contributed by atoms with Gasteiger partial charge in [-0.3, -0.25) is 9.59 Å². The number of benzene rings is 2. The standard InChI is InChI=1S/C16H11ClF2N2O3/c17-9-6-11(19)10(18)5-8(9)16(23)21-7-14(15(20)22)24-13-4-2-1-3-12(13)21/h1-6,14H,7H2,(H2,20,22). The van der Waals surface area contributed by atoms with Gasteiger partial charge in [-0.2, -0.15) is 0 Å². The molecule has 2 N–H and O–H groups in total. The molecule has 24 heavy (non-hydrogen) atoms. The number of amides is 2. The van der Waals surface area contributed by atoms with Gasteiger partial charge in [-0.25, -0.2) is 8.78 Å². The number of fused-ring (bicyclic) bond motifs is 1. The number of nitrogens with zero attached hydrogens (tertiary/aromatic N) is 1. The normalized spacial score (nSPS) is 16.3. The molecule has 3 rings (SSSR count). The fraction of sp³-hybridized carbons (Fsp3) is 0.125. The Morgan fingerprint density at radius 1 is 1.21 bits per heavy atom. The Morgan fingerprint density at radius 2 is 1.88 bits per heavy atom. The second-order valence-corrected chi connectivity index (χ2v) is 5.55. The van der Waals surface area contributed by atoms with Crippen LogP contribution in [-0.2, 0) is 4.79 Å². The van der Waals surface area contributed by atoms with Crippen molar-refractivity contribution in [3.05, 3.63) is 58.6 Å². The fourth-order valence-corrected chi connectivity index (χ4v) is 2.64. The highest BCUT2D eigenvalue weighted by molar-refractivity contribution is 6.34. The summed E-state index contributed by atoms with van der Waals surface area (Å²) in [6.07, 6.45) is -1.06. The summed E-state index contributed by atoms with van der Waals surface area (Å²) in [5.74, 6) is -3.52. The van der Waals surface area contributed by atoms with Gasteiger partial charge in [0.15, 0.2) is 17.7 Å². The van der Waals surface area contributed by atoms with E-state index in [0.29, 0.717) is 5.69 Å². The molecule has 2 aromatic carbocycles. The summed E-state index contributed by atoms with van der Waals surface area (Å²) in [5.41, 5.74) is 5.41. The van der Waals surface area contributed by atoms with Crippen LogP contribution in [0.2, 0.25) is 5.02 Å². The molecule has 124 valence electrons. The first-order valence-electron chi connectivity index (χ1n) is 6.90. The van der Waals surface area contributed by atoms with Gasteiger partial charge in [0.05, 0.1) is 22.8 Å². The Balaban J connectivity index is 2.06. The summed E-state index contributed by atoms with van der Waals surface area (Å²) in [6, 6.07) is 7.94. The van der Waals surface area contributed by atoms with Crippen molar-refractivity contribution in [3.63, 3.8) is 0 Å². The van der Waals surface area contributed by atoms with Crippen LogP contribution in [0.25, 0.3) is 0 Å². The second-order valence-electron chi connectivity index (χ2n) is 5.14. The Labute approximate surface area is 140 Å². The molecule has 2 aromatic rings. The van der Waals surface area contributed by atoms with Gasteiger partial charge in [-0.05, 0) is 24.3 Å². The maximum atomic E-state index is 13.5. The van der Waals surface area contributed by atoms with Crippen molar-refractivity contribution in [2.45, 2.75) is 6.10 Å². The molecule has 1 heterocycles. The fourth-order valence-electron chi connectivity index (χ4n) is 2.41. The third-order valence-corrected chi connectivity index (χ3v) is 3.89. The van der Waals surface area contributed by atoms with E-state index in [1.54, 1.807) is 24.3 Å². The Morgan fingerprint density at radius 3 is 2.58 bits per heavy atom. The molecule has 0 saturated heterocycles. The maximum absolute atomic E-state index is 13.5. The molecule has 0 aliphatic carbocycles. The van der Waals surface area contributed by atoms with Crippen molar-refractivity contribution in [1.29, 1.82) is 0 Å². The molecular formula is C16H11ClF2N2O3. The predicted octanol–water partition coefficient (Wildman–Crippen LogP) is 2.51. The average molecular weight is 353 g/mol. The number of ether oxygens (including phenoxy) is 1. The van der Waals surface area contributed by atoms with E-state index in [0.717, 1.165) is 12.1 Å². The molecule has 1 atom stereocenters. The molecule has 1 aliphatic heterocycles. The van der Waals surface area contributed by atoms with E-state index in [4.69, 9.17) is 22.1 Å². The van der Waals surface area contributed by atoms with E-state index in [9.17, 15) is 18.4 Å². The van der Waals surface area contributed by atoms with Gasteiger partial charge in [0.25, 0.3) is 11.8 Å². The highest BCUT2D eigenvalue weighted by Gasteiger charge is 2.34. The van der Waals surface area contributed by atoms with Crippen LogP contribution >= 0.6 is 11.6 Å². The molecule has 0 bridgehead atoms. The Bertz CT molecular complexity index is 844. The van der Waals surface area contributed by atoms with Gasteiger partial charge in [-0.1, -0.05) is 23.7 Å². The summed E-state index contributed by atoms with van der Waals surface area (Å²) in [5, 5.41) is -0.238. The number of hydrogen-bond donors (Lipinski definition) is 1. The van der Waals surface area contributed by atoms with Gasteiger partial charge in [0.2, 0.25) is 0 Å². The van der Waals surface area contributed by atoms with Crippen LogP contribution in [-0.4, -0.2) is 24.5 Å². The largest absolute Gasteiger partial charge is 0.477 e. The average Bonchev–Trinajstić information content (AvgIpc) is 2.56. The highest BCUT2D eigenvalue weighted by atomic mass is 35.5. The molecule has 0 spiro atoms. The molecule has 2 amide bonds. The van der Waals surface area contributed by atoms with Crippen molar-refractivity contribution in [2.24, 2.45) is 5.73 Å². The number of primary amides is 1. The quantitative estimate of drug-likeness (QED) is 0.844. The first kappa shape index (κ1) is 16.2. The molecule has 1 unspecified atom stereocenters. The lowest BCUT2D eigenvalue weighted by Gasteiger charge is -2.33. The zero-order chi connectivity index (χ0) is 17.4. The zero-order valence-corrected chi connectivity index (χ0v) is 12.9. The summed E-state index contributed by atoms with van der Waals surface area (Å²) in [6.45, 7) is -0.166. The summed E-state index contributed by atoms with van der Waals surface area (Å²) in [4.78, 5) is 25.4. The number of halogens is 3. The lowest BCUT2D eigenvalue weighted by atomic mass is 10.1. The van der Waals surface area contributed by atoms with E-state index < -0.39 is 29.6 Å². The van der Waals surface area contributed by atoms with Crippen molar-refractivity contribution in [3.8, 4) is 5.75 Å². The van der Waals surface area contributed by atoms with Crippen molar-refractivity contribution < 1.29 is 23.1 Å². The highest BCUT2D eigenvalue weighted by Crippen LogP contribution is 2.35. The minimum atomic E-state index is -1.20. The lowest BCUT2D eigenvalue weighted by Crippen LogP contribution is -2.49. The SMILES string of the molecule is NC(=O)C1CN(C(=O)c2cc(F)c(F)cc2Cl)c2ccccc2O1. The molecule has 8 heteroatoms. The van der Waals surface area contributed by atoms with E-state index in [2.05, 4.69) is 0 Å². The molecule has 0 radical (unpaired) electrons. The molecule has 0 aromatic heterocycles. The van der Waals surface area contributed by atoms with Crippen LogP contribution in [0.5, 0.6) is 5.75 Å².